The number of hydrogen-bond donors (Lipinski definition) is 8. The molecule has 16 nitrogen and oxygen atoms in total. The highest BCUT2D eigenvalue weighted by Crippen LogP contribution is 2.20. The van der Waals surface area contributed by atoms with Crippen LogP contribution in [0.3, 0.4) is 0 Å². The van der Waals surface area contributed by atoms with Gasteiger partial charge in [-0.2, -0.15) is 0 Å². The van der Waals surface area contributed by atoms with Gasteiger partial charge in [0.2, 0.25) is 23.6 Å². The van der Waals surface area contributed by atoms with Gasteiger partial charge in [0.1, 0.15) is 18.1 Å². The first-order valence-corrected chi connectivity index (χ1v) is 11.8. The Hall–Kier alpha value is -3.95. The lowest BCUT2D eigenvalue weighted by atomic mass is 10.1. The molecule has 1 aliphatic heterocycles. The number of primary amides is 1. The smallest absolute Gasteiger partial charge is 0.326 e. The highest BCUT2D eigenvalue weighted by molar-refractivity contribution is 5.94. The molecule has 4 unspecified atom stereocenters. The Morgan fingerprint density at radius 3 is 2.19 bits per heavy atom. The van der Waals surface area contributed by atoms with Crippen molar-refractivity contribution < 1.29 is 39.0 Å². The summed E-state index contributed by atoms with van der Waals surface area (Å²) in [5.41, 5.74) is 21.3. The number of carbonyl (C=O) groups excluding carboxylic acids is 4. The first-order valence-electron chi connectivity index (χ1n) is 11.8. The van der Waals surface area contributed by atoms with E-state index in [1.165, 1.54) is 4.90 Å². The van der Waals surface area contributed by atoms with E-state index in [0.717, 1.165) is 0 Å². The van der Waals surface area contributed by atoms with E-state index in [-0.39, 0.29) is 57.6 Å². The second-order valence-corrected chi connectivity index (χ2v) is 8.64. The fourth-order valence-electron chi connectivity index (χ4n) is 3.76. The Balaban J connectivity index is 2.92. The molecule has 37 heavy (non-hydrogen) atoms. The highest BCUT2D eigenvalue weighted by Gasteiger charge is 2.39. The van der Waals surface area contributed by atoms with E-state index in [1.54, 1.807) is 0 Å². The van der Waals surface area contributed by atoms with E-state index in [2.05, 4.69) is 15.6 Å². The van der Waals surface area contributed by atoms with Gasteiger partial charge in [-0.15, -0.1) is 0 Å². The normalized spacial score (nSPS) is 17.2. The molecule has 1 saturated heterocycles. The van der Waals surface area contributed by atoms with Gasteiger partial charge in [0.15, 0.2) is 5.96 Å². The molecule has 4 atom stereocenters. The maximum absolute atomic E-state index is 13.3. The minimum atomic E-state index is -1.30. The summed E-state index contributed by atoms with van der Waals surface area (Å²) in [6, 6.07) is -4.73. The van der Waals surface area contributed by atoms with Crippen LogP contribution >= 0.6 is 0 Å². The third-order valence-electron chi connectivity index (χ3n) is 5.70. The first kappa shape index (κ1) is 31.1. The Morgan fingerprint density at radius 2 is 1.62 bits per heavy atom. The van der Waals surface area contributed by atoms with Gasteiger partial charge in [0.25, 0.3) is 0 Å². The predicted molar refractivity (Wildman–Crippen MR) is 129 cm³/mol. The number of amides is 4. The Morgan fingerprint density at radius 1 is 0.946 bits per heavy atom. The Labute approximate surface area is 213 Å². The number of guanidine groups is 1. The number of carboxylic acids is 2. The van der Waals surface area contributed by atoms with Gasteiger partial charge in [-0.1, -0.05) is 0 Å². The van der Waals surface area contributed by atoms with Crippen molar-refractivity contribution >= 4 is 41.5 Å². The fourth-order valence-corrected chi connectivity index (χ4v) is 3.76. The van der Waals surface area contributed by atoms with Gasteiger partial charge in [-0.3, -0.25) is 29.0 Å². The van der Waals surface area contributed by atoms with Crippen LogP contribution < -0.4 is 33.6 Å². The van der Waals surface area contributed by atoms with Gasteiger partial charge in [0.05, 0.1) is 6.04 Å². The molecule has 1 fully saturated rings. The third kappa shape index (κ3) is 11.1. The number of hydrogen-bond acceptors (Lipinski definition) is 8. The van der Waals surface area contributed by atoms with Crippen molar-refractivity contribution in [2.24, 2.45) is 27.9 Å². The Bertz CT molecular complexity index is 892. The topological polar surface area (TPSA) is 287 Å². The molecule has 0 bridgehead atoms. The molecule has 208 valence electrons. The third-order valence-corrected chi connectivity index (χ3v) is 5.70. The molecule has 1 heterocycles. The monoisotopic (exact) mass is 528 g/mol. The second-order valence-electron chi connectivity index (χ2n) is 8.64. The standard InChI is InChI=1S/C21H36N8O8/c22-11(5-7-15(23)30)17(33)27-12(6-8-16(31)32)19(35)29-10-2-4-14(29)18(34)28-13(20(36)37)3-1-9-26-21(24)25/h11-14H,1-10,22H2,(H2,23,30)(H,27,33)(H,28,34)(H,31,32)(H,36,37)(H4,24,25,26). The quantitative estimate of drug-likeness (QED) is 0.0553. The van der Waals surface area contributed by atoms with Crippen molar-refractivity contribution in [2.45, 2.75) is 75.5 Å². The predicted octanol–water partition coefficient (Wildman–Crippen LogP) is -3.46. The zero-order chi connectivity index (χ0) is 28.1. The minimum Gasteiger partial charge on any atom is -0.481 e. The van der Waals surface area contributed by atoms with Crippen molar-refractivity contribution in [2.75, 3.05) is 13.1 Å². The summed E-state index contributed by atoms with van der Waals surface area (Å²) in [7, 11) is 0. The van der Waals surface area contributed by atoms with Crippen molar-refractivity contribution in [3.05, 3.63) is 0 Å². The number of carboxylic acid groups (broad SMARTS) is 2. The molecule has 1 rings (SSSR count). The van der Waals surface area contributed by atoms with E-state index in [0.29, 0.717) is 6.42 Å². The number of nitrogens with two attached hydrogens (primary N) is 4. The van der Waals surface area contributed by atoms with Crippen LogP contribution in [0, 0.1) is 0 Å². The lowest BCUT2D eigenvalue weighted by Crippen LogP contribution is -2.56. The van der Waals surface area contributed by atoms with Crippen molar-refractivity contribution in [3.8, 4) is 0 Å². The van der Waals surface area contributed by atoms with E-state index in [1.807, 2.05) is 0 Å². The van der Waals surface area contributed by atoms with Crippen molar-refractivity contribution in [1.29, 1.82) is 0 Å². The summed E-state index contributed by atoms with van der Waals surface area (Å²) < 4.78 is 0. The number of nitrogens with one attached hydrogen (secondary N) is 2. The molecule has 0 spiro atoms. The SMILES string of the molecule is NC(=O)CCC(N)C(=O)NC(CCC(=O)O)C(=O)N1CCCC1C(=O)NC(CCCN=C(N)N)C(=O)O. The summed E-state index contributed by atoms with van der Waals surface area (Å²) in [5, 5.41) is 23.3. The average molecular weight is 529 g/mol. The van der Waals surface area contributed by atoms with Crippen LogP contribution in [-0.4, -0.2) is 93.9 Å². The number of rotatable bonds is 16. The lowest BCUT2D eigenvalue weighted by molar-refractivity contribution is -0.145. The largest absolute Gasteiger partial charge is 0.481 e. The molecule has 0 aliphatic carbocycles. The van der Waals surface area contributed by atoms with Gasteiger partial charge >= 0.3 is 11.9 Å². The average Bonchev–Trinajstić information content (AvgIpc) is 3.31. The molecule has 16 heteroatoms. The van der Waals surface area contributed by atoms with Crippen LogP contribution in [0.25, 0.3) is 0 Å². The number of aliphatic imine (C=N–C) groups is 1. The van der Waals surface area contributed by atoms with E-state index < -0.39 is 66.2 Å². The van der Waals surface area contributed by atoms with E-state index in [4.69, 9.17) is 28.0 Å². The number of carbonyl (C=O) groups is 6. The molecule has 0 aromatic heterocycles. The van der Waals surface area contributed by atoms with Crippen LogP contribution in [0.15, 0.2) is 4.99 Å². The van der Waals surface area contributed by atoms with Crippen LogP contribution in [0.1, 0.15) is 51.4 Å². The molecule has 4 amide bonds. The summed E-state index contributed by atoms with van der Waals surface area (Å²) in [5.74, 6) is -5.46. The van der Waals surface area contributed by atoms with Gasteiger partial charge < -0.3 is 48.7 Å². The summed E-state index contributed by atoms with van der Waals surface area (Å²) in [4.78, 5) is 77.2. The maximum Gasteiger partial charge on any atom is 0.326 e. The molecule has 0 aromatic carbocycles. The zero-order valence-corrected chi connectivity index (χ0v) is 20.4. The van der Waals surface area contributed by atoms with Crippen LogP contribution in [0.5, 0.6) is 0 Å². The molecule has 12 N–H and O–H groups in total. The van der Waals surface area contributed by atoms with Gasteiger partial charge in [0, 0.05) is 25.9 Å². The van der Waals surface area contributed by atoms with E-state index >= 15 is 0 Å². The van der Waals surface area contributed by atoms with Gasteiger partial charge in [-0.05, 0) is 38.5 Å². The number of nitrogens with zero attached hydrogens (tertiary/aromatic N) is 2. The second kappa shape index (κ2) is 15.2. The summed E-state index contributed by atoms with van der Waals surface area (Å²) in [6.45, 7) is 0.314. The molecular formula is C21H36N8O8. The van der Waals surface area contributed by atoms with Crippen molar-refractivity contribution in [3.63, 3.8) is 0 Å². The summed E-state index contributed by atoms with van der Waals surface area (Å²) >= 11 is 0. The number of likely N-dealkylation sites (tertiary alicyclic amines) is 1. The zero-order valence-electron chi connectivity index (χ0n) is 20.4. The summed E-state index contributed by atoms with van der Waals surface area (Å²) in [6.07, 6.45) is 0.0493. The first-order chi connectivity index (χ1) is 17.3. The van der Waals surface area contributed by atoms with Crippen LogP contribution in [0.2, 0.25) is 0 Å². The highest BCUT2D eigenvalue weighted by atomic mass is 16.4. The van der Waals surface area contributed by atoms with Gasteiger partial charge in [-0.25, -0.2) is 4.79 Å². The number of aliphatic carboxylic acids is 2. The van der Waals surface area contributed by atoms with Crippen molar-refractivity contribution in [1.82, 2.24) is 15.5 Å². The Kier molecular flexibility index (Phi) is 12.8. The fraction of sp³-hybridized carbons (Fsp3) is 0.667. The molecule has 1 aliphatic rings. The van der Waals surface area contributed by atoms with E-state index in [9.17, 15) is 33.9 Å². The molecule has 0 saturated carbocycles. The molecule has 0 radical (unpaired) electrons. The van der Waals surface area contributed by atoms with Crippen LogP contribution in [0.4, 0.5) is 0 Å². The lowest BCUT2D eigenvalue weighted by Gasteiger charge is -2.29. The molecular weight excluding hydrogens is 492 g/mol. The van der Waals surface area contributed by atoms with Crippen LogP contribution in [-0.2, 0) is 28.8 Å². The minimum absolute atomic E-state index is 0.0407. The maximum atomic E-state index is 13.3. The molecule has 0 aromatic rings.